The third-order valence-electron chi connectivity index (χ3n) is 12.5. The summed E-state index contributed by atoms with van der Waals surface area (Å²) in [5.41, 5.74) is 5.47. The molecular weight excluding hydrogens is 781 g/mol. The van der Waals surface area contributed by atoms with E-state index in [1.165, 1.54) is 4.90 Å². The van der Waals surface area contributed by atoms with Crippen molar-refractivity contribution in [1.29, 1.82) is 0 Å². The first-order chi connectivity index (χ1) is 28.6. The summed E-state index contributed by atoms with van der Waals surface area (Å²) in [6.07, 6.45) is 0.551. The normalized spacial score (nSPS) is 18.6. The second-order valence-corrected chi connectivity index (χ2v) is 17.9. The summed E-state index contributed by atoms with van der Waals surface area (Å²) in [4.78, 5) is 54.2. The van der Waals surface area contributed by atoms with Crippen LogP contribution in [0.3, 0.4) is 0 Å². The van der Waals surface area contributed by atoms with Gasteiger partial charge in [0.1, 0.15) is 22.9 Å². The van der Waals surface area contributed by atoms with Crippen molar-refractivity contribution in [2.45, 2.75) is 89.8 Å². The lowest BCUT2D eigenvalue weighted by molar-refractivity contribution is -0.145. The fourth-order valence-corrected chi connectivity index (χ4v) is 9.26. The van der Waals surface area contributed by atoms with E-state index in [0.717, 1.165) is 21.7 Å². The van der Waals surface area contributed by atoms with Crippen LogP contribution in [-0.2, 0) is 20.5 Å². The molecule has 3 atom stereocenters. The molecule has 0 aliphatic carbocycles. The number of benzene rings is 2. The lowest BCUT2D eigenvalue weighted by Crippen LogP contribution is -2.55. The molecule has 312 valence electrons. The van der Waals surface area contributed by atoms with Crippen LogP contribution in [0.1, 0.15) is 93.0 Å². The minimum Gasteiger partial charge on any atom is -0.507 e. The van der Waals surface area contributed by atoms with E-state index in [-0.39, 0.29) is 48.3 Å². The molecule has 2 aromatic carbocycles. The van der Waals surface area contributed by atoms with Crippen molar-refractivity contribution < 1.29 is 29.1 Å². The van der Waals surface area contributed by atoms with E-state index in [4.69, 9.17) is 4.52 Å². The maximum Gasteiger partial charge on any atom is 0.270 e. The van der Waals surface area contributed by atoms with Crippen LogP contribution in [0, 0.1) is 12.8 Å². The predicted molar refractivity (Wildman–Crippen MR) is 227 cm³/mol. The Kier molecular flexibility index (Phi) is 10.8. The Labute approximate surface area is 352 Å². The van der Waals surface area contributed by atoms with Gasteiger partial charge in [-0.1, -0.05) is 55.4 Å². The number of carbonyl (C=O) groups is 3. The van der Waals surface area contributed by atoms with Gasteiger partial charge in [-0.15, -0.1) is 21.5 Å². The van der Waals surface area contributed by atoms with Gasteiger partial charge in [0.25, 0.3) is 5.91 Å². The van der Waals surface area contributed by atoms with Crippen molar-refractivity contribution in [3.05, 3.63) is 101 Å². The molecule has 0 saturated carbocycles. The third kappa shape index (κ3) is 7.56. The lowest BCUT2D eigenvalue weighted by Gasteiger charge is -2.37. The van der Waals surface area contributed by atoms with E-state index in [9.17, 15) is 24.6 Å². The highest BCUT2D eigenvalue weighted by Crippen LogP contribution is 2.40. The molecule has 0 spiro atoms. The summed E-state index contributed by atoms with van der Waals surface area (Å²) in [5.74, 6) is -0.534. The number of hydrogen-bond donors (Lipinski definition) is 4. The zero-order chi connectivity index (χ0) is 42.5. The van der Waals surface area contributed by atoms with Crippen LogP contribution < -0.4 is 5.32 Å². The molecule has 2 aliphatic rings. The number of amides is 3. The van der Waals surface area contributed by atoms with E-state index in [2.05, 4.69) is 30.6 Å². The van der Waals surface area contributed by atoms with Crippen LogP contribution in [-0.4, -0.2) is 94.8 Å². The minimum absolute atomic E-state index is 0.00202. The number of hydrogen-bond acceptors (Lipinski definition) is 11. The molecule has 2 aliphatic heterocycles. The number of β-amino-alcohol motifs (C(OH)–C–C–N with tert-alkyl or cyclic N) is 1. The maximum atomic E-state index is 14.7. The standard InChI is InChI=1S/C45H50N8O6S/c1-25(2)45(6,43(58)53-23-31(54)21-36(53)41(56)48-44(4,5)30-13-11-28(12-14-30)39-26(3)46-24-60-39)38-22-33(51-59-38)27-15-17-52(18-16-27)42(57)35-20-29-19-34(49-50-40(29)47-35)32-9-7-8-10-37(32)55/h7-14,19-20,22,24-25,27,31,36,54-55H,15-18,21,23H2,1-6H3,(H,47,50)(H,48,56)/t31-,36+,45+/m1/s1. The molecule has 14 nitrogen and oxygen atoms in total. The summed E-state index contributed by atoms with van der Waals surface area (Å²) in [6.45, 7) is 12.5. The quantitative estimate of drug-likeness (QED) is 0.116. The topological polar surface area (TPSA) is 191 Å². The number of aromatic amines is 1. The Morgan fingerprint density at radius 3 is 2.42 bits per heavy atom. The van der Waals surface area contributed by atoms with Crippen molar-refractivity contribution in [1.82, 2.24) is 40.4 Å². The Morgan fingerprint density at radius 2 is 1.73 bits per heavy atom. The molecule has 3 amide bonds. The van der Waals surface area contributed by atoms with E-state index in [1.807, 2.05) is 83.5 Å². The highest BCUT2D eigenvalue weighted by molar-refractivity contribution is 7.13. The van der Waals surface area contributed by atoms with Crippen LogP contribution in [0.5, 0.6) is 5.75 Å². The Balaban J connectivity index is 0.927. The molecule has 0 unspecified atom stereocenters. The highest BCUT2D eigenvalue weighted by Gasteiger charge is 2.50. The molecule has 4 aromatic heterocycles. The Morgan fingerprint density at radius 1 is 1.00 bits per heavy atom. The molecule has 0 radical (unpaired) electrons. The summed E-state index contributed by atoms with van der Waals surface area (Å²) >= 11 is 1.58. The van der Waals surface area contributed by atoms with E-state index < -0.39 is 23.1 Å². The number of likely N-dealkylation sites (tertiary alicyclic amines) is 2. The number of phenols is 1. The van der Waals surface area contributed by atoms with Gasteiger partial charge in [-0.2, -0.15) is 0 Å². The fraction of sp³-hybridized carbons (Fsp3) is 0.400. The van der Waals surface area contributed by atoms with E-state index >= 15 is 0 Å². The van der Waals surface area contributed by atoms with Gasteiger partial charge in [-0.3, -0.25) is 14.4 Å². The molecule has 15 heteroatoms. The number of para-hydroxylation sites is 1. The number of aromatic nitrogens is 5. The van der Waals surface area contributed by atoms with Crippen LogP contribution in [0.15, 0.2) is 76.8 Å². The van der Waals surface area contributed by atoms with E-state index in [1.54, 1.807) is 46.6 Å². The first kappa shape index (κ1) is 40.8. The number of fused-ring (bicyclic) bond motifs is 1. The molecule has 2 saturated heterocycles. The molecule has 2 fully saturated rings. The Hall–Kier alpha value is -5.93. The number of H-pyrrole nitrogens is 1. The summed E-state index contributed by atoms with van der Waals surface area (Å²) in [7, 11) is 0. The lowest BCUT2D eigenvalue weighted by atomic mass is 9.75. The molecule has 60 heavy (non-hydrogen) atoms. The summed E-state index contributed by atoms with van der Waals surface area (Å²) in [6, 6.07) is 19.5. The number of nitrogens with one attached hydrogen (secondary N) is 2. The molecular formula is C45H50N8O6S. The van der Waals surface area contributed by atoms with Crippen LogP contribution in [0.4, 0.5) is 0 Å². The largest absolute Gasteiger partial charge is 0.507 e. The first-order valence-electron chi connectivity index (χ1n) is 20.4. The van der Waals surface area contributed by atoms with Gasteiger partial charge in [0, 0.05) is 49.0 Å². The van der Waals surface area contributed by atoms with Gasteiger partial charge >= 0.3 is 0 Å². The summed E-state index contributed by atoms with van der Waals surface area (Å²) in [5, 5.41) is 37.9. The van der Waals surface area contributed by atoms with Gasteiger partial charge in [-0.05, 0) is 81.8 Å². The predicted octanol–water partition coefficient (Wildman–Crippen LogP) is 6.70. The number of phenolic OH excluding ortho intramolecular Hbond substituents is 1. The zero-order valence-corrected chi connectivity index (χ0v) is 35.4. The van der Waals surface area contributed by atoms with Crippen molar-refractivity contribution in [3.8, 4) is 27.4 Å². The average molecular weight is 831 g/mol. The van der Waals surface area contributed by atoms with Crippen molar-refractivity contribution in [2.75, 3.05) is 19.6 Å². The molecule has 8 rings (SSSR count). The van der Waals surface area contributed by atoms with Crippen LogP contribution in [0.2, 0.25) is 0 Å². The van der Waals surface area contributed by atoms with Gasteiger partial charge in [-0.25, -0.2) is 4.98 Å². The SMILES string of the molecule is Cc1ncsc1-c1ccc(C(C)(C)NC(=O)[C@@H]2C[C@@H](O)CN2C(=O)[C@](C)(c2cc(C3CCN(C(=O)c4cc5cc(-c6ccccc6O)nnc5[nH]4)CC3)no2)C(C)C)cc1. The van der Waals surface area contributed by atoms with Gasteiger partial charge < -0.3 is 34.8 Å². The van der Waals surface area contributed by atoms with Crippen LogP contribution >= 0.6 is 11.3 Å². The highest BCUT2D eigenvalue weighted by atomic mass is 32.1. The number of thiazole rings is 1. The van der Waals surface area contributed by atoms with Crippen LogP contribution in [0.25, 0.3) is 32.7 Å². The number of nitrogens with zero attached hydrogens (tertiary/aromatic N) is 6. The second kappa shape index (κ2) is 15.9. The average Bonchev–Trinajstić information content (AvgIpc) is 4.07. The minimum atomic E-state index is -1.18. The van der Waals surface area contributed by atoms with Crippen molar-refractivity contribution >= 4 is 40.1 Å². The van der Waals surface area contributed by atoms with Gasteiger partial charge in [0.15, 0.2) is 11.4 Å². The first-order valence-corrected chi connectivity index (χ1v) is 21.2. The molecule has 4 N–H and O–H groups in total. The smallest absolute Gasteiger partial charge is 0.270 e. The number of aliphatic hydroxyl groups is 1. The summed E-state index contributed by atoms with van der Waals surface area (Å²) < 4.78 is 5.98. The number of aromatic hydroxyl groups is 1. The molecule has 0 bridgehead atoms. The van der Waals surface area contributed by atoms with Crippen molar-refractivity contribution in [2.24, 2.45) is 5.92 Å². The molecule has 6 aromatic rings. The fourth-order valence-electron chi connectivity index (χ4n) is 8.45. The number of piperidine rings is 1. The third-order valence-corrected chi connectivity index (χ3v) is 13.5. The van der Waals surface area contributed by atoms with Gasteiger partial charge in [0.05, 0.1) is 39.1 Å². The monoisotopic (exact) mass is 830 g/mol. The van der Waals surface area contributed by atoms with E-state index in [0.29, 0.717) is 65.4 Å². The number of rotatable bonds is 10. The second-order valence-electron chi connectivity index (χ2n) is 17.1. The zero-order valence-electron chi connectivity index (χ0n) is 34.6. The van der Waals surface area contributed by atoms with Crippen molar-refractivity contribution in [3.63, 3.8) is 0 Å². The van der Waals surface area contributed by atoms with Gasteiger partial charge in [0.2, 0.25) is 11.8 Å². The molecule has 6 heterocycles. The Bertz CT molecular complexity index is 2550. The number of aryl methyl sites for hydroxylation is 1. The maximum absolute atomic E-state index is 14.7. The number of carbonyl (C=O) groups excluding carboxylic acids is 3. The number of aliphatic hydroxyl groups excluding tert-OH is 1.